The van der Waals surface area contributed by atoms with Gasteiger partial charge < -0.3 is 15.8 Å². The Hall–Kier alpha value is -1.80. The number of nitriles is 1. The fourth-order valence-corrected chi connectivity index (χ4v) is 2.48. The molecule has 0 aromatic carbocycles. The van der Waals surface area contributed by atoms with Crippen molar-refractivity contribution >= 4 is 11.5 Å². The van der Waals surface area contributed by atoms with Gasteiger partial charge >= 0.3 is 0 Å². The second-order valence-electron chi connectivity index (χ2n) is 4.96. The molecular weight excluding hydrogens is 228 g/mol. The van der Waals surface area contributed by atoms with Crippen molar-refractivity contribution in [3.05, 3.63) is 17.8 Å². The highest BCUT2D eigenvalue weighted by Crippen LogP contribution is 2.39. The summed E-state index contributed by atoms with van der Waals surface area (Å²) < 4.78 is 5.76. The zero-order valence-corrected chi connectivity index (χ0v) is 10.1. The topological polar surface area (TPSA) is 84.0 Å². The standard InChI is InChI=1S/C13H16N4O/c14-7-11-9(15)3-4-12(17-11)16-10-5-6-18-13(10)8-1-2-8/h3-4,8,10,13H,1-2,5-6,15H2,(H,16,17). The van der Waals surface area contributed by atoms with Crippen LogP contribution in [-0.4, -0.2) is 23.7 Å². The molecule has 0 bridgehead atoms. The second-order valence-corrected chi connectivity index (χ2v) is 4.96. The molecule has 1 saturated heterocycles. The second kappa shape index (κ2) is 4.46. The molecule has 0 radical (unpaired) electrons. The van der Waals surface area contributed by atoms with Gasteiger partial charge in [0.2, 0.25) is 0 Å². The largest absolute Gasteiger partial charge is 0.396 e. The minimum atomic E-state index is 0.280. The highest BCUT2D eigenvalue weighted by atomic mass is 16.5. The van der Waals surface area contributed by atoms with E-state index in [4.69, 9.17) is 15.7 Å². The summed E-state index contributed by atoms with van der Waals surface area (Å²) in [6, 6.07) is 5.84. The lowest BCUT2D eigenvalue weighted by molar-refractivity contribution is 0.0898. The Morgan fingerprint density at radius 2 is 2.22 bits per heavy atom. The van der Waals surface area contributed by atoms with E-state index in [1.54, 1.807) is 6.07 Å². The molecule has 2 unspecified atom stereocenters. The van der Waals surface area contributed by atoms with Crippen LogP contribution in [0.1, 0.15) is 25.0 Å². The maximum absolute atomic E-state index is 8.91. The fraction of sp³-hybridized carbons (Fsp3) is 0.538. The third-order valence-electron chi connectivity index (χ3n) is 3.59. The molecule has 0 amide bonds. The molecule has 1 aliphatic carbocycles. The molecule has 2 heterocycles. The summed E-state index contributed by atoms with van der Waals surface area (Å²) in [6.07, 6.45) is 3.83. The smallest absolute Gasteiger partial charge is 0.165 e. The Morgan fingerprint density at radius 3 is 2.94 bits per heavy atom. The first-order chi connectivity index (χ1) is 8.78. The predicted octanol–water partition coefficient (Wildman–Crippen LogP) is 1.51. The van der Waals surface area contributed by atoms with Crippen LogP contribution >= 0.6 is 0 Å². The van der Waals surface area contributed by atoms with Crippen LogP contribution in [0.3, 0.4) is 0 Å². The molecule has 1 aromatic heterocycles. The highest BCUT2D eigenvalue weighted by Gasteiger charge is 2.40. The van der Waals surface area contributed by atoms with Crippen LogP contribution in [0.15, 0.2) is 12.1 Å². The number of aromatic nitrogens is 1. The van der Waals surface area contributed by atoms with Crippen molar-refractivity contribution in [2.45, 2.75) is 31.4 Å². The van der Waals surface area contributed by atoms with E-state index in [-0.39, 0.29) is 5.69 Å². The minimum Gasteiger partial charge on any atom is -0.396 e. The molecule has 5 nitrogen and oxygen atoms in total. The summed E-state index contributed by atoms with van der Waals surface area (Å²) in [5, 5.41) is 12.3. The van der Waals surface area contributed by atoms with Crippen LogP contribution in [0.25, 0.3) is 0 Å². The molecule has 3 N–H and O–H groups in total. The number of hydrogen-bond donors (Lipinski definition) is 2. The van der Waals surface area contributed by atoms with Gasteiger partial charge in [-0.2, -0.15) is 5.26 Å². The summed E-state index contributed by atoms with van der Waals surface area (Å²) in [6.45, 7) is 0.804. The molecule has 18 heavy (non-hydrogen) atoms. The third-order valence-corrected chi connectivity index (χ3v) is 3.59. The lowest BCUT2D eigenvalue weighted by Gasteiger charge is -2.20. The molecule has 1 aromatic rings. The number of nitrogens with two attached hydrogens (primary N) is 1. The van der Waals surface area contributed by atoms with Gasteiger partial charge in [-0.1, -0.05) is 0 Å². The summed E-state index contributed by atoms with van der Waals surface area (Å²) >= 11 is 0. The molecule has 2 atom stereocenters. The van der Waals surface area contributed by atoms with Crippen molar-refractivity contribution in [2.24, 2.45) is 5.92 Å². The van der Waals surface area contributed by atoms with Gasteiger partial charge in [0.1, 0.15) is 11.9 Å². The number of nitrogens with zero attached hydrogens (tertiary/aromatic N) is 2. The van der Waals surface area contributed by atoms with E-state index in [2.05, 4.69) is 10.3 Å². The zero-order chi connectivity index (χ0) is 12.5. The molecule has 5 heteroatoms. The van der Waals surface area contributed by atoms with Crippen molar-refractivity contribution < 1.29 is 4.74 Å². The van der Waals surface area contributed by atoms with Gasteiger partial charge in [-0.05, 0) is 37.3 Å². The van der Waals surface area contributed by atoms with Crippen molar-refractivity contribution in [1.82, 2.24) is 4.98 Å². The summed E-state index contributed by atoms with van der Waals surface area (Å²) in [4.78, 5) is 4.22. The molecule has 0 spiro atoms. The first-order valence-corrected chi connectivity index (χ1v) is 6.32. The van der Waals surface area contributed by atoms with Crippen molar-refractivity contribution in [3.8, 4) is 6.07 Å². The van der Waals surface area contributed by atoms with Crippen molar-refractivity contribution in [3.63, 3.8) is 0 Å². The van der Waals surface area contributed by atoms with Gasteiger partial charge in [-0.15, -0.1) is 0 Å². The third kappa shape index (κ3) is 2.12. The van der Waals surface area contributed by atoms with Gasteiger partial charge in [0.25, 0.3) is 0 Å². The van der Waals surface area contributed by atoms with E-state index < -0.39 is 0 Å². The number of anilines is 2. The van der Waals surface area contributed by atoms with Crippen LogP contribution in [0, 0.1) is 17.2 Å². The molecule has 1 aliphatic heterocycles. The number of rotatable bonds is 3. The van der Waals surface area contributed by atoms with Gasteiger partial charge in [-0.3, -0.25) is 0 Å². The Balaban J connectivity index is 1.74. The quantitative estimate of drug-likeness (QED) is 0.842. The first kappa shape index (κ1) is 11.3. The zero-order valence-electron chi connectivity index (χ0n) is 10.1. The Morgan fingerprint density at radius 1 is 1.39 bits per heavy atom. The van der Waals surface area contributed by atoms with E-state index >= 15 is 0 Å². The van der Waals surface area contributed by atoms with Crippen LogP contribution in [-0.2, 0) is 4.74 Å². The summed E-state index contributed by atoms with van der Waals surface area (Å²) in [5.41, 5.74) is 6.36. The molecule has 1 saturated carbocycles. The van der Waals surface area contributed by atoms with E-state index in [0.29, 0.717) is 29.6 Å². The predicted molar refractivity (Wildman–Crippen MR) is 67.9 cm³/mol. The number of pyridine rings is 1. The molecular formula is C13H16N4O. The van der Waals surface area contributed by atoms with E-state index in [0.717, 1.165) is 13.0 Å². The van der Waals surface area contributed by atoms with Crippen molar-refractivity contribution in [1.29, 1.82) is 5.26 Å². The normalized spacial score (nSPS) is 26.8. The fourth-order valence-electron chi connectivity index (χ4n) is 2.48. The Bertz CT molecular complexity index is 492. The molecule has 94 valence electrons. The summed E-state index contributed by atoms with van der Waals surface area (Å²) in [7, 11) is 0. The summed E-state index contributed by atoms with van der Waals surface area (Å²) in [5.74, 6) is 1.41. The van der Waals surface area contributed by atoms with Crippen LogP contribution in [0.5, 0.6) is 0 Å². The molecule has 2 fully saturated rings. The first-order valence-electron chi connectivity index (χ1n) is 6.32. The lowest BCUT2D eigenvalue weighted by atomic mass is 10.1. The van der Waals surface area contributed by atoms with Crippen LogP contribution in [0.2, 0.25) is 0 Å². The molecule has 3 rings (SSSR count). The molecule has 2 aliphatic rings. The maximum Gasteiger partial charge on any atom is 0.165 e. The van der Waals surface area contributed by atoms with Crippen LogP contribution in [0.4, 0.5) is 11.5 Å². The van der Waals surface area contributed by atoms with Gasteiger partial charge in [0, 0.05) is 6.61 Å². The van der Waals surface area contributed by atoms with E-state index in [1.165, 1.54) is 12.8 Å². The Labute approximate surface area is 106 Å². The number of hydrogen-bond acceptors (Lipinski definition) is 5. The number of nitrogens with one attached hydrogen (secondary N) is 1. The minimum absolute atomic E-state index is 0.280. The lowest BCUT2D eigenvalue weighted by Crippen LogP contribution is -2.31. The SMILES string of the molecule is N#Cc1nc(NC2CCOC2C2CC2)ccc1N. The van der Waals surface area contributed by atoms with Gasteiger partial charge in [0.15, 0.2) is 5.69 Å². The average Bonchev–Trinajstić information content (AvgIpc) is 3.12. The Kier molecular flexibility index (Phi) is 2.80. The van der Waals surface area contributed by atoms with Crippen LogP contribution < -0.4 is 11.1 Å². The van der Waals surface area contributed by atoms with Gasteiger partial charge in [-0.25, -0.2) is 4.98 Å². The van der Waals surface area contributed by atoms with Gasteiger partial charge in [0.05, 0.1) is 17.8 Å². The average molecular weight is 244 g/mol. The number of nitrogen functional groups attached to an aromatic ring is 1. The highest BCUT2D eigenvalue weighted by molar-refractivity contribution is 5.54. The van der Waals surface area contributed by atoms with Crippen molar-refractivity contribution in [2.75, 3.05) is 17.7 Å². The monoisotopic (exact) mass is 244 g/mol. The number of ether oxygens (including phenoxy) is 1. The van der Waals surface area contributed by atoms with E-state index in [1.807, 2.05) is 12.1 Å². The van der Waals surface area contributed by atoms with E-state index in [9.17, 15) is 0 Å². The maximum atomic E-state index is 8.91.